The standard InChI is InChI=1S/C36H37Cl2F4N3O6S/c37-31-11-8-29(23-32(31)38)45(17-1-16-43-18-12-25(13-19-43)22-24-2-6-28(39)7-3-24)33(46)26-14-20-44(21-15-26)52(49,50)30-9-4-27(5-10-30)34(47)51-35(48)36(40,41)42/h2-11,23,25-26H,1,12-22H2. The molecule has 0 atom stereocenters. The molecule has 0 aromatic heterocycles. The van der Waals surface area contributed by atoms with Crippen LogP contribution >= 0.6 is 23.2 Å². The van der Waals surface area contributed by atoms with Crippen molar-refractivity contribution in [2.75, 3.05) is 44.2 Å². The van der Waals surface area contributed by atoms with Gasteiger partial charge in [0.25, 0.3) is 0 Å². The second-order valence-electron chi connectivity index (χ2n) is 12.9. The van der Waals surface area contributed by atoms with Gasteiger partial charge in [-0.15, -0.1) is 0 Å². The molecule has 1 amide bonds. The van der Waals surface area contributed by atoms with Gasteiger partial charge in [0.2, 0.25) is 15.9 Å². The number of benzene rings is 3. The molecule has 2 aliphatic rings. The number of hydrogen-bond donors (Lipinski definition) is 0. The molecule has 3 aromatic carbocycles. The van der Waals surface area contributed by atoms with Crippen LogP contribution in [0.15, 0.2) is 71.6 Å². The molecule has 5 rings (SSSR count). The van der Waals surface area contributed by atoms with Gasteiger partial charge in [0.1, 0.15) is 5.82 Å². The summed E-state index contributed by atoms with van der Waals surface area (Å²) in [7, 11) is -4.08. The van der Waals surface area contributed by atoms with Gasteiger partial charge in [-0.3, -0.25) is 4.79 Å². The second kappa shape index (κ2) is 17.1. The van der Waals surface area contributed by atoms with Gasteiger partial charge in [0, 0.05) is 31.2 Å². The summed E-state index contributed by atoms with van der Waals surface area (Å²) in [6, 6.07) is 15.6. The zero-order valence-electron chi connectivity index (χ0n) is 28.0. The van der Waals surface area contributed by atoms with Gasteiger partial charge in [0.15, 0.2) is 0 Å². The SMILES string of the molecule is O=C(OC(=O)C(F)(F)F)c1ccc(S(=O)(=O)N2CCC(C(=O)N(CCCN3CCC(Cc4ccc(F)cc4)CC3)c3ccc(Cl)c(Cl)c3)CC2)cc1. The van der Waals surface area contributed by atoms with Gasteiger partial charge in [-0.2, -0.15) is 17.5 Å². The van der Waals surface area contributed by atoms with E-state index in [1.807, 2.05) is 12.1 Å². The van der Waals surface area contributed by atoms with E-state index < -0.39 is 39.6 Å². The van der Waals surface area contributed by atoms with Crippen LogP contribution in [0.2, 0.25) is 10.0 Å². The summed E-state index contributed by atoms with van der Waals surface area (Å²) in [5.41, 5.74) is 1.28. The first-order valence-corrected chi connectivity index (χ1v) is 19.0. The zero-order chi connectivity index (χ0) is 37.6. The van der Waals surface area contributed by atoms with Crippen molar-refractivity contribution in [3.05, 3.63) is 93.7 Å². The number of carbonyl (C=O) groups excluding carboxylic acids is 3. The van der Waals surface area contributed by atoms with Crippen LogP contribution < -0.4 is 4.90 Å². The number of halogens is 6. The molecule has 9 nitrogen and oxygen atoms in total. The average molecular weight is 787 g/mol. The molecule has 0 unspecified atom stereocenters. The van der Waals surface area contributed by atoms with Crippen molar-refractivity contribution in [1.82, 2.24) is 9.21 Å². The Bertz CT molecular complexity index is 1850. The largest absolute Gasteiger partial charge is 0.491 e. The number of amides is 1. The molecule has 2 heterocycles. The highest BCUT2D eigenvalue weighted by Gasteiger charge is 2.42. The summed E-state index contributed by atoms with van der Waals surface area (Å²) < 4.78 is 82.3. The maximum atomic E-state index is 14.0. The third-order valence-electron chi connectivity index (χ3n) is 9.43. The minimum atomic E-state index is -5.36. The van der Waals surface area contributed by atoms with Crippen LogP contribution in [0.1, 0.15) is 48.0 Å². The number of piperidine rings is 2. The average Bonchev–Trinajstić information content (AvgIpc) is 3.12. The van der Waals surface area contributed by atoms with E-state index >= 15 is 0 Å². The van der Waals surface area contributed by atoms with E-state index in [1.54, 1.807) is 23.1 Å². The first kappa shape index (κ1) is 39.6. The maximum absolute atomic E-state index is 14.0. The van der Waals surface area contributed by atoms with Crippen LogP contribution in [0.3, 0.4) is 0 Å². The number of esters is 2. The predicted octanol–water partition coefficient (Wildman–Crippen LogP) is 7.16. The molecule has 0 aliphatic carbocycles. The molecule has 3 aromatic rings. The summed E-state index contributed by atoms with van der Waals surface area (Å²) in [5.74, 6) is -4.61. The fraction of sp³-hybridized carbons (Fsp3) is 0.417. The number of hydrogen-bond acceptors (Lipinski definition) is 7. The van der Waals surface area contributed by atoms with Crippen molar-refractivity contribution in [1.29, 1.82) is 0 Å². The third-order valence-corrected chi connectivity index (χ3v) is 12.1. The van der Waals surface area contributed by atoms with Gasteiger partial charge in [-0.05, 0) is 124 Å². The molecular formula is C36H37Cl2F4N3O6S. The molecular weight excluding hydrogens is 749 g/mol. The Morgan fingerprint density at radius 3 is 2.08 bits per heavy atom. The monoisotopic (exact) mass is 785 g/mol. The van der Waals surface area contributed by atoms with Crippen molar-refractivity contribution >= 4 is 56.8 Å². The van der Waals surface area contributed by atoms with Gasteiger partial charge in [-0.1, -0.05) is 35.3 Å². The molecule has 2 fully saturated rings. The smallest absolute Gasteiger partial charge is 0.383 e. The van der Waals surface area contributed by atoms with E-state index in [-0.39, 0.29) is 42.6 Å². The Labute approximate surface area is 309 Å². The van der Waals surface area contributed by atoms with Crippen molar-refractivity contribution < 1.29 is 45.1 Å². The van der Waals surface area contributed by atoms with Crippen LogP contribution in [0.25, 0.3) is 0 Å². The Balaban J connectivity index is 1.16. The van der Waals surface area contributed by atoms with E-state index in [0.29, 0.717) is 34.6 Å². The lowest BCUT2D eigenvalue weighted by Crippen LogP contribution is -2.45. The zero-order valence-corrected chi connectivity index (χ0v) is 30.3. The lowest BCUT2D eigenvalue weighted by Gasteiger charge is -2.35. The highest BCUT2D eigenvalue weighted by atomic mass is 35.5. The summed E-state index contributed by atoms with van der Waals surface area (Å²) in [4.78, 5) is 40.7. The highest BCUT2D eigenvalue weighted by molar-refractivity contribution is 7.89. The molecule has 16 heteroatoms. The Kier molecular flexibility index (Phi) is 13.0. The molecule has 52 heavy (non-hydrogen) atoms. The van der Waals surface area contributed by atoms with Gasteiger partial charge < -0.3 is 14.5 Å². The lowest BCUT2D eigenvalue weighted by atomic mass is 9.90. The molecule has 0 radical (unpaired) electrons. The fourth-order valence-electron chi connectivity index (χ4n) is 6.52. The number of ether oxygens (including phenoxy) is 1. The quantitative estimate of drug-likeness (QED) is 0.116. The van der Waals surface area contributed by atoms with Crippen molar-refractivity contribution in [3.63, 3.8) is 0 Å². The summed E-state index contributed by atoms with van der Waals surface area (Å²) in [5, 5.41) is 0.645. The van der Waals surface area contributed by atoms with Gasteiger partial charge in [0.05, 0.1) is 20.5 Å². The molecule has 0 saturated carbocycles. The molecule has 2 saturated heterocycles. The van der Waals surface area contributed by atoms with Crippen molar-refractivity contribution in [3.8, 4) is 0 Å². The molecule has 2 aliphatic heterocycles. The van der Waals surface area contributed by atoms with Crippen molar-refractivity contribution in [2.24, 2.45) is 11.8 Å². The molecule has 0 N–H and O–H groups in total. The Hall–Kier alpha value is -3.56. The fourth-order valence-corrected chi connectivity index (χ4v) is 8.28. The maximum Gasteiger partial charge on any atom is 0.491 e. The Morgan fingerprint density at radius 2 is 1.48 bits per heavy atom. The normalized spacial score (nSPS) is 16.8. The van der Waals surface area contributed by atoms with E-state index in [1.165, 1.54) is 16.4 Å². The molecule has 280 valence electrons. The van der Waals surface area contributed by atoms with Crippen molar-refractivity contribution in [2.45, 2.75) is 49.6 Å². The van der Waals surface area contributed by atoms with Gasteiger partial charge in [-0.25, -0.2) is 22.4 Å². The third kappa shape index (κ3) is 10.1. The minimum absolute atomic E-state index is 0.0324. The van der Waals surface area contributed by atoms with Crippen LogP contribution in [-0.2, 0) is 30.8 Å². The number of likely N-dealkylation sites (tertiary alicyclic amines) is 1. The number of anilines is 1. The molecule has 0 spiro atoms. The lowest BCUT2D eigenvalue weighted by molar-refractivity contribution is -0.193. The topological polar surface area (TPSA) is 104 Å². The first-order chi connectivity index (χ1) is 24.6. The highest BCUT2D eigenvalue weighted by Crippen LogP contribution is 2.31. The second-order valence-corrected chi connectivity index (χ2v) is 15.7. The van der Waals surface area contributed by atoms with E-state index in [0.717, 1.165) is 68.7 Å². The minimum Gasteiger partial charge on any atom is -0.383 e. The number of carbonyl (C=O) groups is 3. The van der Waals surface area contributed by atoms with Crippen LogP contribution in [-0.4, -0.2) is 80.9 Å². The van der Waals surface area contributed by atoms with E-state index in [2.05, 4.69) is 9.64 Å². The number of alkyl halides is 3. The number of sulfonamides is 1. The van der Waals surface area contributed by atoms with Crippen LogP contribution in [0.4, 0.5) is 23.2 Å². The Morgan fingerprint density at radius 1 is 0.846 bits per heavy atom. The predicted molar refractivity (Wildman–Crippen MR) is 187 cm³/mol. The van der Waals surface area contributed by atoms with Crippen LogP contribution in [0.5, 0.6) is 0 Å². The number of rotatable bonds is 11. The molecule has 0 bridgehead atoms. The van der Waals surface area contributed by atoms with Gasteiger partial charge >= 0.3 is 18.1 Å². The summed E-state index contributed by atoms with van der Waals surface area (Å²) in [6.45, 7) is 3.10. The van der Waals surface area contributed by atoms with E-state index in [4.69, 9.17) is 23.2 Å². The van der Waals surface area contributed by atoms with Crippen LogP contribution in [0, 0.1) is 17.7 Å². The van der Waals surface area contributed by atoms with E-state index in [9.17, 15) is 40.4 Å². The summed E-state index contributed by atoms with van der Waals surface area (Å²) in [6.07, 6.45) is -1.24. The number of nitrogens with zero attached hydrogens (tertiary/aromatic N) is 3. The summed E-state index contributed by atoms with van der Waals surface area (Å²) >= 11 is 12.5. The first-order valence-electron chi connectivity index (χ1n) is 16.8.